The smallest absolute Gasteiger partial charge is 0.325 e. The summed E-state index contributed by atoms with van der Waals surface area (Å²) in [7, 11) is 1.24. The first-order chi connectivity index (χ1) is 20.9. The van der Waals surface area contributed by atoms with Gasteiger partial charge in [0.2, 0.25) is 13.3 Å². The fourth-order valence-electron chi connectivity index (χ4n) is 5.35. The molecule has 4 aliphatic heterocycles. The number of carbonyl (C=O) groups excluding carboxylic acids is 1. The molecule has 44 heavy (non-hydrogen) atoms. The number of Topliss-reactive ketones (excluding diaryl/α,β-unsaturated/α-hetero) is 1. The van der Waals surface area contributed by atoms with Gasteiger partial charge in [-0.05, 0) is 11.8 Å². The molecule has 17 nitrogen and oxygen atoms in total. The fraction of sp³-hybridized carbons (Fsp3) is 0.524. The quantitative estimate of drug-likeness (QED) is 0.284. The molecule has 3 aromatic heterocycles. The molecule has 232 valence electrons. The van der Waals surface area contributed by atoms with Gasteiger partial charge in [0.1, 0.15) is 48.5 Å². The number of halogens is 2. The monoisotopic (exact) mass is 672 g/mol. The minimum Gasteiger partial charge on any atom is -0.382 e. The highest BCUT2D eigenvalue weighted by Gasteiger charge is 2.53. The predicted molar refractivity (Wildman–Crippen MR) is 148 cm³/mol. The van der Waals surface area contributed by atoms with E-state index >= 15 is 8.78 Å². The standard InChI is InChI=1S/C21H21BF2N8O9P2S/c22-42(34)36-3-10-17(13(24)20(38-10)31-6-29-14-8(31)1-26-2-9(14)33)41-43(35,44)37-4-11-16(40-42)12(23)21(39-11)32-7-30-15-18(25)27-5-28-19(15)32/h1,5-7,10-13,16-17,20-21H,2-4H2,(H,35,44)(H2,25,27,28)/t10-,11-,12?,13+,16+,17?,20-,21-,42?,43?/m1/s1. The number of ketones is 1. The van der Waals surface area contributed by atoms with E-state index < -0.39 is 76.6 Å². The summed E-state index contributed by atoms with van der Waals surface area (Å²) in [6.45, 7) is -5.73. The van der Waals surface area contributed by atoms with E-state index in [-0.39, 0.29) is 40.7 Å². The Hall–Kier alpha value is -2.58. The molecule has 0 aromatic carbocycles. The second-order valence-electron chi connectivity index (χ2n) is 10.1. The fourth-order valence-corrected chi connectivity index (χ4v) is 7.79. The number of fused-ring (bicyclic) bond motifs is 4. The summed E-state index contributed by atoms with van der Waals surface area (Å²) in [6, 6.07) is 0. The molecule has 3 aromatic rings. The number of rotatable bonds is 2. The summed E-state index contributed by atoms with van der Waals surface area (Å²) >= 11 is 5.13. The Morgan fingerprint density at radius 1 is 1.00 bits per heavy atom. The van der Waals surface area contributed by atoms with Crippen LogP contribution in [-0.4, -0.2) is 110 Å². The lowest BCUT2D eigenvalue weighted by atomic mass is 10.1. The van der Waals surface area contributed by atoms with Gasteiger partial charge in [-0.3, -0.25) is 28.0 Å². The van der Waals surface area contributed by atoms with Gasteiger partial charge in [0.15, 0.2) is 36.3 Å². The number of hydrogen-bond donors (Lipinski definition) is 2. The molecule has 4 unspecified atom stereocenters. The summed E-state index contributed by atoms with van der Waals surface area (Å²) in [5.41, 5.74) is 6.40. The van der Waals surface area contributed by atoms with Crippen molar-refractivity contribution in [2.45, 2.75) is 49.2 Å². The van der Waals surface area contributed by atoms with Crippen LogP contribution in [0.15, 0.2) is 24.0 Å². The van der Waals surface area contributed by atoms with Crippen LogP contribution in [0.2, 0.25) is 0 Å². The van der Waals surface area contributed by atoms with Crippen molar-refractivity contribution in [2.24, 2.45) is 4.99 Å². The molecular formula is C21H21BF2N8O9P2S. The van der Waals surface area contributed by atoms with E-state index in [1.807, 2.05) is 0 Å². The van der Waals surface area contributed by atoms with Crippen LogP contribution in [0.1, 0.15) is 28.6 Å². The number of nitrogens with zero attached hydrogens (tertiary/aromatic N) is 7. The van der Waals surface area contributed by atoms with E-state index in [2.05, 4.69) is 24.9 Å². The lowest BCUT2D eigenvalue weighted by Gasteiger charge is -2.29. The minimum atomic E-state index is -4.58. The molecule has 0 bridgehead atoms. The van der Waals surface area contributed by atoms with Crippen LogP contribution in [0.25, 0.3) is 11.2 Å². The lowest BCUT2D eigenvalue weighted by molar-refractivity contribution is -0.0571. The average Bonchev–Trinajstić information content (AvgIpc) is 3.73. The van der Waals surface area contributed by atoms with Crippen LogP contribution < -0.4 is 5.73 Å². The maximum Gasteiger partial charge on any atom is 0.325 e. The van der Waals surface area contributed by atoms with Gasteiger partial charge in [0.25, 0.3) is 7.47 Å². The van der Waals surface area contributed by atoms with Crippen LogP contribution in [0.5, 0.6) is 0 Å². The molecule has 7 heterocycles. The van der Waals surface area contributed by atoms with Crippen LogP contribution in [-0.2, 0) is 43.9 Å². The summed E-state index contributed by atoms with van der Waals surface area (Å²) in [5.74, 6) is -0.331. The summed E-state index contributed by atoms with van der Waals surface area (Å²) in [5, 5.41) is 0. The SMILES string of the molecule is [B]P1(=O)OC[C@H]2O[C@@H](n3cnc4c3C=NCC4=O)[C@@H](F)C2OP(O)(=S)OC[C@H]2O[C@@H](n3cnc4c(N)ncnc43)C(F)[C@H]2O1. The van der Waals surface area contributed by atoms with Crippen LogP contribution in [0.3, 0.4) is 0 Å². The minimum absolute atomic E-state index is 0.0434. The van der Waals surface area contributed by atoms with Crippen LogP contribution in [0, 0.1) is 0 Å². The number of ether oxygens (including phenoxy) is 2. The first-order valence-corrected chi connectivity index (χ1v) is 17.1. The zero-order valence-corrected chi connectivity index (χ0v) is 24.7. The van der Waals surface area contributed by atoms with Gasteiger partial charge in [-0.15, -0.1) is 0 Å². The van der Waals surface area contributed by atoms with Crippen molar-refractivity contribution >= 4 is 62.5 Å². The molecule has 3 N–H and O–H groups in total. The van der Waals surface area contributed by atoms with E-state index in [1.165, 1.54) is 28.0 Å². The maximum atomic E-state index is 15.9. The number of aromatic nitrogens is 6. The normalized spacial score (nSPS) is 39.4. The molecule has 3 fully saturated rings. The van der Waals surface area contributed by atoms with Gasteiger partial charge in [-0.2, -0.15) is 0 Å². The van der Waals surface area contributed by atoms with E-state index in [4.69, 9.17) is 52.7 Å². The zero-order valence-electron chi connectivity index (χ0n) is 22.1. The van der Waals surface area contributed by atoms with Crippen molar-refractivity contribution in [1.29, 1.82) is 0 Å². The summed E-state index contributed by atoms with van der Waals surface area (Å²) in [4.78, 5) is 43.0. The predicted octanol–water partition coefficient (Wildman–Crippen LogP) is 0.702. The number of imidazole rings is 2. The van der Waals surface area contributed by atoms with Crippen molar-refractivity contribution in [3.05, 3.63) is 30.4 Å². The van der Waals surface area contributed by atoms with Crippen LogP contribution >= 0.6 is 14.2 Å². The molecule has 4 aliphatic rings. The Bertz CT molecular complexity index is 1770. The number of nitrogen functional groups attached to an aromatic ring is 1. The van der Waals surface area contributed by atoms with Gasteiger partial charge in [-0.1, -0.05) is 0 Å². The van der Waals surface area contributed by atoms with Gasteiger partial charge in [0.05, 0.1) is 31.6 Å². The van der Waals surface area contributed by atoms with Gasteiger partial charge < -0.3 is 33.7 Å². The van der Waals surface area contributed by atoms with Crippen LogP contribution in [0.4, 0.5) is 14.6 Å². The first-order valence-electron chi connectivity index (χ1n) is 12.9. The number of carbonyl (C=O) groups is 1. The zero-order chi connectivity index (χ0) is 31.0. The van der Waals surface area contributed by atoms with E-state index in [0.717, 1.165) is 6.33 Å². The maximum absolute atomic E-state index is 15.9. The second kappa shape index (κ2) is 11.0. The Morgan fingerprint density at radius 2 is 1.66 bits per heavy atom. The van der Waals surface area contributed by atoms with Crippen molar-refractivity contribution in [3.8, 4) is 0 Å². The third kappa shape index (κ3) is 5.24. The second-order valence-corrected chi connectivity index (χ2v) is 14.5. The highest BCUT2D eigenvalue weighted by molar-refractivity contribution is 8.07. The molecular weight excluding hydrogens is 651 g/mol. The summed E-state index contributed by atoms with van der Waals surface area (Å²) < 4.78 is 80.9. The summed E-state index contributed by atoms with van der Waals surface area (Å²) in [6.07, 6.45) is -8.15. The molecule has 0 saturated carbocycles. The topological polar surface area (TPSA) is 210 Å². The highest BCUT2D eigenvalue weighted by atomic mass is 32.5. The number of aliphatic imine (C=N–C) groups is 1. The Labute approximate surface area is 252 Å². The third-order valence-electron chi connectivity index (χ3n) is 7.36. The molecule has 23 heteroatoms. The van der Waals surface area contributed by atoms with Crippen molar-refractivity contribution in [2.75, 3.05) is 25.5 Å². The number of anilines is 1. The average molecular weight is 672 g/mol. The Balaban J connectivity index is 1.16. The third-order valence-corrected chi connectivity index (χ3v) is 9.96. The molecule has 0 aliphatic carbocycles. The molecule has 7 rings (SSSR count). The molecule has 2 radical (unpaired) electrons. The number of hydrogen-bond acceptors (Lipinski definition) is 15. The lowest BCUT2D eigenvalue weighted by Crippen LogP contribution is -2.37. The highest BCUT2D eigenvalue weighted by Crippen LogP contribution is 2.54. The number of nitrogens with two attached hydrogens (primary N) is 1. The first kappa shape index (κ1) is 30.1. The van der Waals surface area contributed by atoms with E-state index in [0.29, 0.717) is 0 Å². The largest absolute Gasteiger partial charge is 0.382 e. The molecule has 10 atom stereocenters. The molecule has 3 saturated heterocycles. The van der Waals surface area contributed by atoms with E-state index in [1.54, 1.807) is 0 Å². The molecule has 0 spiro atoms. The van der Waals surface area contributed by atoms with Gasteiger partial charge >= 0.3 is 6.72 Å². The Kier molecular flexibility index (Phi) is 7.56. The van der Waals surface area contributed by atoms with E-state index in [9.17, 15) is 14.3 Å². The van der Waals surface area contributed by atoms with Crippen molar-refractivity contribution in [1.82, 2.24) is 29.1 Å². The van der Waals surface area contributed by atoms with Crippen molar-refractivity contribution in [3.63, 3.8) is 0 Å². The Morgan fingerprint density at radius 3 is 2.41 bits per heavy atom. The number of alkyl halides is 2. The van der Waals surface area contributed by atoms with Crippen molar-refractivity contribution < 1.29 is 50.6 Å². The molecule has 0 amide bonds. The van der Waals surface area contributed by atoms with Gasteiger partial charge in [0, 0.05) is 6.21 Å². The van der Waals surface area contributed by atoms with Gasteiger partial charge in [-0.25, -0.2) is 28.7 Å².